The first kappa shape index (κ1) is 77.4. The number of amides is 5. The number of imide groups is 1. The first-order valence-electron chi connectivity index (χ1n) is 30.5. The number of aliphatic carboxylic acids is 1. The van der Waals surface area contributed by atoms with Crippen LogP contribution in [0.5, 0.6) is 0 Å². The molecule has 0 aliphatic carbocycles. The van der Waals surface area contributed by atoms with E-state index in [-0.39, 0.29) is 56.2 Å². The molecule has 37 heteroatoms. The van der Waals surface area contributed by atoms with Gasteiger partial charge in [0, 0.05) is 71.0 Å². The number of aliphatic hydroxyl groups is 15. The molecule has 0 aromatic rings. The highest BCUT2D eigenvalue weighted by Gasteiger charge is 2.59. The fraction of sp³-hybridized carbons (Fsp3) is 0.891. The van der Waals surface area contributed by atoms with Crippen LogP contribution in [0.25, 0.3) is 0 Å². The van der Waals surface area contributed by atoms with Crippen molar-refractivity contribution in [2.45, 2.75) is 236 Å². The summed E-state index contributed by atoms with van der Waals surface area (Å²) in [4.78, 5) is 76.5. The highest BCUT2D eigenvalue weighted by Crippen LogP contribution is 2.40. The fourth-order valence-electron chi connectivity index (χ4n) is 11.4. The van der Waals surface area contributed by atoms with Crippen molar-refractivity contribution in [1.82, 2.24) is 20.9 Å². The third kappa shape index (κ3) is 19.3. The maximum atomic E-state index is 13.0. The molecule has 6 aliphatic heterocycles. The van der Waals surface area contributed by atoms with Gasteiger partial charge in [-0.1, -0.05) is 13.3 Å². The Morgan fingerprint density at radius 2 is 1.27 bits per heavy atom. The largest absolute Gasteiger partial charge is 0.477 e. The summed E-state index contributed by atoms with van der Waals surface area (Å²) in [6, 6.07) is -1.89. The predicted octanol–water partition coefficient (Wildman–Crippen LogP) is -9.43. The molecule has 19 N–H and O–H groups in total. The van der Waals surface area contributed by atoms with Crippen LogP contribution in [-0.2, 0) is 76.1 Å². The molecule has 530 valence electrons. The molecule has 6 aliphatic rings. The first-order valence-corrected chi connectivity index (χ1v) is 31.6. The number of aliphatic hydroxyl groups excluding tert-OH is 15. The highest BCUT2D eigenvalue weighted by molar-refractivity contribution is 8.00. The van der Waals surface area contributed by atoms with Crippen molar-refractivity contribution in [2.24, 2.45) is 5.92 Å². The van der Waals surface area contributed by atoms with Gasteiger partial charge in [0.2, 0.25) is 29.5 Å². The molecular formula is C55H92N4O32S. The summed E-state index contributed by atoms with van der Waals surface area (Å²) < 4.78 is 58.3. The molecule has 0 aromatic carbocycles. The third-order valence-corrected chi connectivity index (χ3v) is 18.1. The van der Waals surface area contributed by atoms with Crippen LogP contribution in [0.2, 0.25) is 0 Å². The molecule has 0 saturated carbocycles. The number of carboxylic acid groups (broad SMARTS) is 1. The molecule has 0 aromatic heterocycles. The van der Waals surface area contributed by atoms with Crippen molar-refractivity contribution in [2.75, 3.05) is 65.5 Å². The number of carbonyl (C=O) groups is 6. The average Bonchev–Trinajstić information content (AvgIpc) is 0.942. The van der Waals surface area contributed by atoms with Crippen molar-refractivity contribution >= 4 is 47.3 Å². The van der Waals surface area contributed by atoms with E-state index in [0.29, 0.717) is 50.7 Å². The molecule has 6 heterocycles. The predicted molar refractivity (Wildman–Crippen MR) is 304 cm³/mol. The van der Waals surface area contributed by atoms with Gasteiger partial charge in [0.05, 0.1) is 50.5 Å². The number of rotatable bonds is 34. The normalized spacial score (nSPS) is 39.2. The van der Waals surface area contributed by atoms with E-state index >= 15 is 0 Å². The lowest BCUT2D eigenvalue weighted by atomic mass is 9.84. The standard InChI is InChI=1S/C55H92N4O32S/c1-23-25(65)17-55(54(80)81,91-45(23)36(70)26(66)18-60)83-22-30-39(73)47(89-52-42(76)40(74)37(71)27(19-61)84-52)35(58-24(2)64)50(87-30)90-48-38(72)28(20-62)85-53(44(48)78)88-46-29(21-63)86-51(43(77)41(46)75)82-14-9-5-7-12-57-33(68)11-15-92-31-16-34(69)59(49(31)79)13-8-4-6-10-32(67)56-3/h23,25-31,35-48,50-53,60-63,65-66,70-78H,4-22H2,1-3H3,(H,56,67)(H,57,68)(H,58,64)(H,80,81)/t23-,25-,26-,27?,28?,29?,30?,31?,35?,36-,37+,38+,39-,40+,41-,42?,43?,44?,45?,46-,47-,48+,50+,51-,52+,53+,55-/m1/s1. The second-order valence-electron chi connectivity index (χ2n) is 23.5. The topological polar surface area (TPSA) is 558 Å². The van der Waals surface area contributed by atoms with E-state index in [4.69, 9.17) is 47.4 Å². The summed E-state index contributed by atoms with van der Waals surface area (Å²) in [7, 11) is 1.55. The number of nitrogens with zero attached hydrogens (tertiary/aromatic N) is 1. The van der Waals surface area contributed by atoms with Crippen LogP contribution in [0.4, 0.5) is 0 Å². The van der Waals surface area contributed by atoms with Gasteiger partial charge in [0.25, 0.3) is 5.79 Å². The number of unbranched alkanes of at least 4 members (excludes halogenated alkanes) is 4. The van der Waals surface area contributed by atoms with E-state index in [9.17, 15) is 110 Å². The Morgan fingerprint density at radius 1 is 0.674 bits per heavy atom. The highest BCUT2D eigenvalue weighted by atomic mass is 32.2. The van der Waals surface area contributed by atoms with Gasteiger partial charge in [-0.2, -0.15) is 0 Å². The minimum Gasteiger partial charge on any atom is -0.477 e. The monoisotopic (exact) mass is 1350 g/mol. The Bertz CT molecular complexity index is 2360. The second kappa shape index (κ2) is 36.1. The molecule has 10 unspecified atom stereocenters. The molecule has 0 radical (unpaired) electrons. The lowest BCUT2D eigenvalue weighted by molar-refractivity contribution is -0.384. The van der Waals surface area contributed by atoms with Gasteiger partial charge < -0.3 is 145 Å². The number of hydrogen-bond donors (Lipinski definition) is 19. The maximum Gasteiger partial charge on any atom is 0.364 e. The number of carboxylic acids is 1. The second-order valence-corrected chi connectivity index (χ2v) is 24.8. The Kier molecular flexibility index (Phi) is 30.4. The zero-order valence-electron chi connectivity index (χ0n) is 51.0. The molecule has 6 saturated heterocycles. The van der Waals surface area contributed by atoms with Crippen LogP contribution in [-0.4, -0.2) is 346 Å². The molecule has 92 heavy (non-hydrogen) atoms. The summed E-state index contributed by atoms with van der Waals surface area (Å²) >= 11 is 1.23. The van der Waals surface area contributed by atoms with E-state index in [2.05, 4.69) is 16.0 Å². The molecular weight excluding hydrogens is 1260 g/mol. The molecule has 5 amide bonds. The molecule has 6 fully saturated rings. The Labute approximate surface area is 532 Å². The zero-order chi connectivity index (χ0) is 67.9. The minimum absolute atomic E-state index is 0.0454. The van der Waals surface area contributed by atoms with E-state index in [0.717, 1.165) is 6.92 Å². The Balaban J connectivity index is 1.08. The molecule has 6 rings (SSSR count). The van der Waals surface area contributed by atoms with E-state index in [1.165, 1.54) is 23.6 Å². The third-order valence-electron chi connectivity index (χ3n) is 16.9. The average molecular weight is 1350 g/mol. The molecule has 0 spiro atoms. The Hall–Kier alpha value is -3.63. The van der Waals surface area contributed by atoms with E-state index in [1.807, 2.05) is 0 Å². The molecule has 0 bridgehead atoms. The summed E-state index contributed by atoms with van der Waals surface area (Å²) in [6.07, 6.45) is -41.7. The summed E-state index contributed by atoms with van der Waals surface area (Å²) in [5.41, 5.74) is 0. The van der Waals surface area contributed by atoms with E-state index in [1.54, 1.807) is 7.05 Å². The number of hydrogen-bond acceptors (Lipinski definition) is 32. The fourth-order valence-corrected chi connectivity index (χ4v) is 12.5. The van der Waals surface area contributed by atoms with Gasteiger partial charge in [-0.25, -0.2) is 4.79 Å². The van der Waals surface area contributed by atoms with Crippen LogP contribution in [0.3, 0.4) is 0 Å². The van der Waals surface area contributed by atoms with Crippen molar-refractivity contribution < 1.29 is 158 Å². The van der Waals surface area contributed by atoms with Crippen LogP contribution < -0.4 is 16.0 Å². The maximum absolute atomic E-state index is 13.0. The molecule has 27 atom stereocenters. The van der Waals surface area contributed by atoms with Crippen LogP contribution in [0, 0.1) is 5.92 Å². The number of likely N-dealkylation sites (tertiary alicyclic amines) is 1. The summed E-state index contributed by atoms with van der Waals surface area (Å²) in [6.45, 7) is -2.27. The first-order chi connectivity index (χ1) is 43.7. The lowest BCUT2D eigenvalue weighted by Gasteiger charge is -2.50. The van der Waals surface area contributed by atoms with Gasteiger partial charge in [0.1, 0.15) is 110 Å². The number of ether oxygens (including phenoxy) is 10. The lowest BCUT2D eigenvalue weighted by Crippen LogP contribution is -2.70. The van der Waals surface area contributed by atoms with Gasteiger partial charge in [-0.3, -0.25) is 28.9 Å². The van der Waals surface area contributed by atoms with Gasteiger partial charge in [0.15, 0.2) is 25.2 Å². The SMILES string of the molecule is CNC(=O)CCCCCN1C(=O)CC(SCCC(=O)NCCCCCO[C@@H]2OC(CO)[C@@H](O[C@@H]3OC(CO)[C@H](O)[C@H](O[C@@H]4OC(CO[C@]5(C(=O)O)C[C@@H](O)[C@@H](C)C([C@H](O)[C@H](O)CO)O5)[C@@H](O)[C@H](O[C@@H]5OC(CO)[C@H](O)[C@H](O)C5O)C4NC(C)=O)C3O)[C@H](O)C2O)C1=O. The zero-order valence-corrected chi connectivity index (χ0v) is 51.8. The van der Waals surface area contributed by atoms with E-state index < -0.39 is 215 Å². The van der Waals surface area contributed by atoms with Gasteiger partial charge in [-0.05, 0) is 32.1 Å². The van der Waals surface area contributed by atoms with Gasteiger partial charge in [-0.15, -0.1) is 11.8 Å². The van der Waals surface area contributed by atoms with Crippen LogP contribution >= 0.6 is 11.8 Å². The number of nitrogens with one attached hydrogen (secondary N) is 3. The minimum atomic E-state index is -2.93. The van der Waals surface area contributed by atoms with Crippen molar-refractivity contribution in [3.63, 3.8) is 0 Å². The quantitative estimate of drug-likeness (QED) is 0.0210. The molecule has 36 nitrogen and oxygen atoms in total. The van der Waals surface area contributed by atoms with Crippen LogP contribution in [0.1, 0.15) is 78.1 Å². The Morgan fingerprint density at radius 3 is 1.91 bits per heavy atom. The van der Waals surface area contributed by atoms with Gasteiger partial charge >= 0.3 is 5.97 Å². The van der Waals surface area contributed by atoms with Crippen molar-refractivity contribution in [3.8, 4) is 0 Å². The number of thioether (sulfide) groups is 1. The number of carbonyl (C=O) groups excluding carboxylic acids is 5. The van der Waals surface area contributed by atoms with Crippen molar-refractivity contribution in [1.29, 1.82) is 0 Å². The smallest absolute Gasteiger partial charge is 0.364 e. The van der Waals surface area contributed by atoms with Crippen molar-refractivity contribution in [3.05, 3.63) is 0 Å². The van der Waals surface area contributed by atoms with Crippen LogP contribution in [0.15, 0.2) is 0 Å². The summed E-state index contributed by atoms with van der Waals surface area (Å²) in [5.74, 6) is -7.48. The summed E-state index contributed by atoms with van der Waals surface area (Å²) in [5, 5.41) is 181.